The first-order valence-electron chi connectivity index (χ1n) is 5.76. The Morgan fingerprint density at radius 3 is 2.53 bits per heavy atom. The Morgan fingerprint density at radius 1 is 1.05 bits per heavy atom. The third kappa shape index (κ3) is 2.15. The van der Waals surface area contributed by atoms with E-state index in [1.165, 1.54) is 0 Å². The molecule has 0 atom stereocenters. The van der Waals surface area contributed by atoms with E-state index in [9.17, 15) is 0 Å². The summed E-state index contributed by atoms with van der Waals surface area (Å²) in [5, 5.41) is 0.261. The molecule has 94 valence electrons. The first-order chi connectivity index (χ1) is 9.25. The molecule has 0 bridgehead atoms. The van der Waals surface area contributed by atoms with E-state index in [1.54, 1.807) is 4.57 Å². The summed E-state index contributed by atoms with van der Waals surface area (Å²) < 4.78 is 7.24. The second-order valence-corrected chi connectivity index (χ2v) is 4.32. The van der Waals surface area contributed by atoms with Crippen molar-refractivity contribution in [2.75, 3.05) is 5.73 Å². The van der Waals surface area contributed by atoms with E-state index >= 15 is 0 Å². The van der Waals surface area contributed by atoms with Crippen LogP contribution in [0, 0.1) is 0 Å². The second kappa shape index (κ2) is 4.70. The summed E-state index contributed by atoms with van der Waals surface area (Å²) in [6, 6.07) is 16.9. The number of fused-ring (bicyclic) bond motifs is 1. The number of imidazole rings is 1. The number of anilines is 1. The van der Waals surface area contributed by atoms with Gasteiger partial charge in [0.1, 0.15) is 5.75 Å². The molecule has 5 heteroatoms. The van der Waals surface area contributed by atoms with E-state index < -0.39 is 0 Å². The van der Waals surface area contributed by atoms with Gasteiger partial charge in [-0.3, -0.25) is 0 Å². The van der Waals surface area contributed by atoms with Gasteiger partial charge in [0, 0.05) is 0 Å². The second-order valence-electron chi connectivity index (χ2n) is 3.98. The summed E-state index contributed by atoms with van der Waals surface area (Å²) in [4.78, 5) is 4.25. The molecule has 0 aliphatic rings. The van der Waals surface area contributed by atoms with Gasteiger partial charge in [-0.15, -0.1) is 0 Å². The number of nitrogens with zero attached hydrogens (tertiary/aromatic N) is 2. The summed E-state index contributed by atoms with van der Waals surface area (Å²) in [5.74, 6) is 0.992. The van der Waals surface area contributed by atoms with Crippen molar-refractivity contribution in [3.05, 3.63) is 54.6 Å². The Hall–Kier alpha value is -2.40. The van der Waals surface area contributed by atoms with Gasteiger partial charge in [-0.25, -0.2) is 9.55 Å². The van der Waals surface area contributed by atoms with Crippen LogP contribution < -0.4 is 10.5 Å². The normalized spacial score (nSPS) is 10.5. The van der Waals surface area contributed by atoms with Gasteiger partial charge in [0.15, 0.2) is 0 Å². The third-order valence-electron chi connectivity index (χ3n) is 2.72. The van der Waals surface area contributed by atoms with E-state index in [4.69, 9.17) is 22.7 Å². The molecular weight excluding hydrogens is 258 g/mol. The number of nitrogens with two attached hydrogens (primary N) is 1. The topological polar surface area (TPSA) is 53.1 Å². The molecule has 0 unspecified atom stereocenters. The lowest BCUT2D eigenvalue weighted by Crippen LogP contribution is -2.18. The van der Waals surface area contributed by atoms with Crippen molar-refractivity contribution < 1.29 is 4.74 Å². The minimum Gasteiger partial charge on any atom is -0.431 e. The van der Waals surface area contributed by atoms with Crippen LogP contribution in [0.15, 0.2) is 54.6 Å². The number of nitrogen functional groups attached to an aromatic ring is 1. The number of rotatable bonds is 1. The van der Waals surface area contributed by atoms with Gasteiger partial charge in [-0.05, 0) is 36.5 Å². The predicted molar refractivity (Wildman–Crippen MR) is 79.2 cm³/mol. The van der Waals surface area contributed by atoms with Crippen LogP contribution in [-0.2, 0) is 0 Å². The average molecular weight is 269 g/mol. The Bertz CT molecular complexity index is 737. The number of hydrogen-bond donors (Lipinski definition) is 1. The fraction of sp³-hybridized carbons (Fsp3) is 0. The van der Waals surface area contributed by atoms with Crippen molar-refractivity contribution in [3.8, 4) is 5.75 Å². The monoisotopic (exact) mass is 269 g/mol. The molecule has 0 aliphatic heterocycles. The van der Waals surface area contributed by atoms with Crippen LogP contribution in [0.1, 0.15) is 0 Å². The van der Waals surface area contributed by atoms with Crippen molar-refractivity contribution in [1.29, 1.82) is 0 Å². The molecule has 3 aromatic rings. The van der Waals surface area contributed by atoms with Crippen LogP contribution in [-0.4, -0.2) is 14.7 Å². The largest absolute Gasteiger partial charge is 0.431 e. The van der Waals surface area contributed by atoms with Crippen molar-refractivity contribution in [2.45, 2.75) is 0 Å². The fourth-order valence-electron chi connectivity index (χ4n) is 1.87. The van der Waals surface area contributed by atoms with E-state index in [-0.39, 0.29) is 5.17 Å². The van der Waals surface area contributed by atoms with Crippen molar-refractivity contribution in [3.63, 3.8) is 0 Å². The molecule has 4 nitrogen and oxygen atoms in total. The molecule has 0 spiro atoms. The van der Waals surface area contributed by atoms with E-state index in [0.717, 1.165) is 11.0 Å². The van der Waals surface area contributed by atoms with Gasteiger partial charge in [-0.2, -0.15) is 0 Å². The zero-order chi connectivity index (χ0) is 13.2. The SMILES string of the molecule is Nc1nc2ccccc2n1C(=S)Oc1ccccc1. The molecule has 2 N–H and O–H groups in total. The van der Waals surface area contributed by atoms with E-state index in [1.807, 2.05) is 54.6 Å². The molecular formula is C14H11N3OS. The summed E-state index contributed by atoms with van der Waals surface area (Å²) in [6.07, 6.45) is 0. The maximum absolute atomic E-state index is 5.89. The first kappa shape index (κ1) is 11.7. The number of para-hydroxylation sites is 3. The maximum Gasteiger partial charge on any atom is 0.276 e. The molecule has 0 aliphatic carbocycles. The highest BCUT2D eigenvalue weighted by Gasteiger charge is 2.12. The summed E-state index contributed by atoms with van der Waals surface area (Å²) >= 11 is 5.29. The molecule has 2 aromatic carbocycles. The third-order valence-corrected chi connectivity index (χ3v) is 2.98. The van der Waals surface area contributed by atoms with Gasteiger partial charge in [0.05, 0.1) is 11.0 Å². The van der Waals surface area contributed by atoms with Crippen LogP contribution >= 0.6 is 12.2 Å². The van der Waals surface area contributed by atoms with Crippen LogP contribution in [0.3, 0.4) is 0 Å². The molecule has 0 amide bonds. The Morgan fingerprint density at radius 2 is 1.74 bits per heavy atom. The standard InChI is InChI=1S/C14H11N3OS/c15-13-16-11-8-4-5-9-12(11)17(13)14(19)18-10-6-2-1-3-7-10/h1-9H,(H2,15,16). The molecule has 19 heavy (non-hydrogen) atoms. The van der Waals surface area contributed by atoms with Crippen molar-refractivity contribution in [2.24, 2.45) is 0 Å². The zero-order valence-electron chi connectivity index (χ0n) is 9.98. The minimum atomic E-state index is 0.261. The van der Waals surface area contributed by atoms with Crippen LogP contribution in [0.2, 0.25) is 0 Å². The lowest BCUT2D eigenvalue weighted by Gasteiger charge is -2.09. The highest BCUT2D eigenvalue weighted by atomic mass is 32.1. The maximum atomic E-state index is 5.89. The fourth-order valence-corrected chi connectivity index (χ4v) is 2.16. The van der Waals surface area contributed by atoms with Gasteiger partial charge < -0.3 is 10.5 Å². The van der Waals surface area contributed by atoms with Gasteiger partial charge >= 0.3 is 0 Å². The number of thiocarbonyl (C=S) groups is 1. The van der Waals surface area contributed by atoms with Crippen molar-refractivity contribution >= 4 is 34.4 Å². The lowest BCUT2D eigenvalue weighted by molar-refractivity contribution is 0.543. The van der Waals surface area contributed by atoms with Gasteiger partial charge in [0.2, 0.25) is 5.95 Å². The van der Waals surface area contributed by atoms with Gasteiger partial charge in [0.25, 0.3) is 5.17 Å². The summed E-state index contributed by atoms with van der Waals surface area (Å²) in [7, 11) is 0. The van der Waals surface area contributed by atoms with Crippen molar-refractivity contribution in [1.82, 2.24) is 9.55 Å². The molecule has 0 saturated carbocycles. The smallest absolute Gasteiger partial charge is 0.276 e. The molecule has 0 fully saturated rings. The number of ether oxygens (including phenoxy) is 1. The minimum absolute atomic E-state index is 0.261. The molecule has 0 radical (unpaired) electrons. The number of hydrogen-bond acceptors (Lipinski definition) is 4. The molecule has 1 heterocycles. The Kier molecular flexibility index (Phi) is 2.89. The highest BCUT2D eigenvalue weighted by molar-refractivity contribution is 7.80. The first-order valence-corrected chi connectivity index (χ1v) is 6.17. The number of benzene rings is 2. The van der Waals surface area contributed by atoms with Gasteiger partial charge in [-0.1, -0.05) is 30.3 Å². The number of aromatic nitrogens is 2. The molecule has 3 rings (SSSR count). The van der Waals surface area contributed by atoms with E-state index in [2.05, 4.69) is 4.98 Å². The quantitative estimate of drug-likeness (QED) is 0.690. The predicted octanol–water partition coefficient (Wildman–Crippen LogP) is 2.83. The van der Waals surface area contributed by atoms with E-state index in [0.29, 0.717) is 11.7 Å². The molecule has 1 aromatic heterocycles. The zero-order valence-corrected chi connectivity index (χ0v) is 10.8. The summed E-state index contributed by atoms with van der Waals surface area (Å²) in [6.45, 7) is 0. The van der Waals surface area contributed by atoms with Crippen LogP contribution in [0.5, 0.6) is 5.75 Å². The average Bonchev–Trinajstić information content (AvgIpc) is 2.75. The van der Waals surface area contributed by atoms with Crippen LogP contribution in [0.25, 0.3) is 11.0 Å². The van der Waals surface area contributed by atoms with Crippen LogP contribution in [0.4, 0.5) is 5.95 Å². The summed E-state index contributed by atoms with van der Waals surface area (Å²) in [5.41, 5.74) is 7.52. The Balaban J connectivity index is 2.00. The highest BCUT2D eigenvalue weighted by Crippen LogP contribution is 2.19. The Labute approximate surface area is 115 Å². The lowest BCUT2D eigenvalue weighted by atomic mass is 10.3. The molecule has 0 saturated heterocycles.